The van der Waals surface area contributed by atoms with Crippen molar-refractivity contribution in [1.29, 1.82) is 0 Å². The SMILES string of the molecule is [C-]#[N+]c1ccc(-c2nc(-n3c4ccccc4c4cc5ccccc5cc43)c3c(n2)oc2ccccc23)cc1. The van der Waals surface area contributed by atoms with Crippen LogP contribution in [0.2, 0.25) is 0 Å². The highest BCUT2D eigenvalue weighted by Gasteiger charge is 2.22. The van der Waals surface area contributed by atoms with Crippen LogP contribution in [-0.2, 0) is 0 Å². The summed E-state index contributed by atoms with van der Waals surface area (Å²) in [5.41, 5.74) is 4.85. The summed E-state index contributed by atoms with van der Waals surface area (Å²) in [5.74, 6) is 1.32. The molecule has 0 unspecified atom stereocenters. The van der Waals surface area contributed by atoms with Crippen molar-refractivity contribution in [1.82, 2.24) is 14.5 Å². The van der Waals surface area contributed by atoms with E-state index in [4.69, 9.17) is 21.0 Å². The number of rotatable bonds is 2. The lowest BCUT2D eigenvalue weighted by molar-refractivity contribution is 0.653. The van der Waals surface area contributed by atoms with Crippen LogP contribution in [0.1, 0.15) is 0 Å². The van der Waals surface area contributed by atoms with Gasteiger partial charge in [0.25, 0.3) is 0 Å². The summed E-state index contributed by atoms with van der Waals surface area (Å²) >= 11 is 0. The number of hydrogen-bond acceptors (Lipinski definition) is 3. The standard InChI is InChI=1S/C33H18N4O/c1-34-23-16-14-20(15-17-23)31-35-32(30-25-11-5-7-13-29(25)38-33(30)36-31)37-27-12-6-4-10-24(27)26-18-21-8-2-3-9-22(21)19-28(26)37/h2-19H. The fourth-order valence-electron chi connectivity index (χ4n) is 5.46. The molecule has 0 fully saturated rings. The maximum absolute atomic E-state index is 7.30. The molecule has 0 amide bonds. The molecular weight excluding hydrogens is 468 g/mol. The highest BCUT2D eigenvalue weighted by Crippen LogP contribution is 2.39. The van der Waals surface area contributed by atoms with Crippen molar-refractivity contribution in [3.05, 3.63) is 121 Å². The van der Waals surface area contributed by atoms with Crippen LogP contribution in [0.25, 0.3) is 76.7 Å². The van der Waals surface area contributed by atoms with E-state index in [0.717, 1.165) is 44.2 Å². The molecule has 5 aromatic carbocycles. The fourth-order valence-corrected chi connectivity index (χ4v) is 5.46. The van der Waals surface area contributed by atoms with Crippen molar-refractivity contribution < 1.29 is 4.42 Å². The van der Waals surface area contributed by atoms with E-state index in [2.05, 4.69) is 76.1 Å². The van der Waals surface area contributed by atoms with E-state index in [-0.39, 0.29) is 0 Å². The summed E-state index contributed by atoms with van der Waals surface area (Å²) in [6, 6.07) is 36.7. The zero-order chi connectivity index (χ0) is 25.2. The Labute approximate surface area is 217 Å². The van der Waals surface area contributed by atoms with Gasteiger partial charge in [-0.3, -0.25) is 4.57 Å². The molecule has 0 N–H and O–H groups in total. The average molecular weight is 487 g/mol. The molecule has 3 heterocycles. The second kappa shape index (κ2) is 7.76. The number of para-hydroxylation sites is 2. The Balaban J connectivity index is 1.55. The van der Waals surface area contributed by atoms with Crippen molar-refractivity contribution in [3.8, 4) is 17.2 Å². The minimum absolute atomic E-state index is 0.534. The third-order valence-corrected chi connectivity index (χ3v) is 7.23. The normalized spacial score (nSPS) is 11.7. The van der Waals surface area contributed by atoms with Gasteiger partial charge in [0.15, 0.2) is 17.3 Å². The molecule has 38 heavy (non-hydrogen) atoms. The first-order valence-electron chi connectivity index (χ1n) is 12.4. The van der Waals surface area contributed by atoms with Crippen LogP contribution in [0.5, 0.6) is 0 Å². The lowest BCUT2D eigenvalue weighted by Crippen LogP contribution is -2.02. The molecule has 8 aromatic rings. The van der Waals surface area contributed by atoms with Gasteiger partial charge in [-0.05, 0) is 35.0 Å². The summed E-state index contributed by atoms with van der Waals surface area (Å²) in [6.45, 7) is 7.30. The van der Waals surface area contributed by atoms with E-state index in [1.54, 1.807) is 12.1 Å². The molecule has 0 atom stereocenters. The van der Waals surface area contributed by atoms with Gasteiger partial charge in [0.2, 0.25) is 5.71 Å². The van der Waals surface area contributed by atoms with Crippen LogP contribution in [0.15, 0.2) is 114 Å². The van der Waals surface area contributed by atoms with Crippen LogP contribution < -0.4 is 0 Å². The highest BCUT2D eigenvalue weighted by molar-refractivity contribution is 6.16. The van der Waals surface area contributed by atoms with Gasteiger partial charge in [-0.25, -0.2) is 9.83 Å². The second-order valence-electron chi connectivity index (χ2n) is 9.38. The Morgan fingerprint density at radius 3 is 2.18 bits per heavy atom. The van der Waals surface area contributed by atoms with Gasteiger partial charge in [-0.15, -0.1) is 0 Å². The Morgan fingerprint density at radius 1 is 0.658 bits per heavy atom. The van der Waals surface area contributed by atoms with Crippen molar-refractivity contribution in [2.24, 2.45) is 0 Å². The molecule has 8 rings (SSSR count). The molecule has 0 aliphatic carbocycles. The minimum Gasteiger partial charge on any atom is -0.437 e. The number of nitrogens with zero attached hydrogens (tertiary/aromatic N) is 4. The number of hydrogen-bond donors (Lipinski definition) is 0. The molecule has 0 spiro atoms. The number of fused-ring (bicyclic) bond motifs is 7. The Hall–Kier alpha value is -5.47. The molecule has 5 heteroatoms. The Bertz CT molecular complexity index is 2250. The molecule has 0 saturated heterocycles. The number of furan rings is 1. The zero-order valence-electron chi connectivity index (χ0n) is 20.1. The first kappa shape index (κ1) is 20.7. The third kappa shape index (κ3) is 2.92. The van der Waals surface area contributed by atoms with E-state index in [0.29, 0.717) is 17.2 Å². The van der Waals surface area contributed by atoms with E-state index >= 15 is 0 Å². The van der Waals surface area contributed by atoms with E-state index in [9.17, 15) is 0 Å². The molecule has 5 nitrogen and oxygen atoms in total. The van der Waals surface area contributed by atoms with Gasteiger partial charge in [0, 0.05) is 21.7 Å². The fraction of sp³-hybridized carbons (Fsp3) is 0. The molecule has 0 aliphatic heterocycles. The first-order valence-corrected chi connectivity index (χ1v) is 12.4. The highest BCUT2D eigenvalue weighted by atomic mass is 16.3. The summed E-state index contributed by atoms with van der Waals surface area (Å²) in [5, 5.41) is 6.54. The van der Waals surface area contributed by atoms with Crippen molar-refractivity contribution in [2.45, 2.75) is 0 Å². The van der Waals surface area contributed by atoms with Crippen LogP contribution in [0, 0.1) is 6.57 Å². The van der Waals surface area contributed by atoms with E-state index in [1.165, 1.54) is 16.2 Å². The van der Waals surface area contributed by atoms with Gasteiger partial charge in [0.1, 0.15) is 5.58 Å². The summed E-state index contributed by atoms with van der Waals surface area (Å²) in [6.07, 6.45) is 0. The molecule has 0 aliphatic rings. The van der Waals surface area contributed by atoms with Gasteiger partial charge in [-0.1, -0.05) is 84.9 Å². The number of aromatic nitrogens is 3. The molecular formula is C33H18N4O. The van der Waals surface area contributed by atoms with E-state index in [1.807, 2.05) is 30.3 Å². The van der Waals surface area contributed by atoms with Gasteiger partial charge >= 0.3 is 0 Å². The van der Waals surface area contributed by atoms with Crippen LogP contribution in [-0.4, -0.2) is 14.5 Å². The lowest BCUT2D eigenvalue weighted by atomic mass is 10.1. The van der Waals surface area contributed by atoms with E-state index < -0.39 is 0 Å². The number of benzene rings is 5. The molecule has 176 valence electrons. The maximum atomic E-state index is 7.30. The smallest absolute Gasteiger partial charge is 0.233 e. The molecule has 0 radical (unpaired) electrons. The molecule has 0 bridgehead atoms. The lowest BCUT2D eigenvalue weighted by Gasteiger charge is -2.11. The van der Waals surface area contributed by atoms with Crippen molar-refractivity contribution in [3.63, 3.8) is 0 Å². The van der Waals surface area contributed by atoms with Gasteiger partial charge in [-0.2, -0.15) is 4.98 Å². The third-order valence-electron chi connectivity index (χ3n) is 7.23. The molecule has 0 saturated carbocycles. The van der Waals surface area contributed by atoms with Crippen LogP contribution in [0.3, 0.4) is 0 Å². The predicted octanol–water partition coefficient (Wildman–Crippen LogP) is 8.84. The monoisotopic (exact) mass is 486 g/mol. The van der Waals surface area contributed by atoms with Crippen molar-refractivity contribution in [2.75, 3.05) is 0 Å². The Morgan fingerprint density at radius 2 is 1.37 bits per heavy atom. The van der Waals surface area contributed by atoms with Crippen LogP contribution in [0.4, 0.5) is 5.69 Å². The summed E-state index contributed by atoms with van der Waals surface area (Å²) in [4.78, 5) is 13.6. The topological polar surface area (TPSA) is 48.2 Å². The van der Waals surface area contributed by atoms with Gasteiger partial charge in [0.05, 0.1) is 23.0 Å². The Kier molecular flexibility index (Phi) is 4.23. The first-order chi connectivity index (χ1) is 18.8. The minimum atomic E-state index is 0.534. The predicted molar refractivity (Wildman–Crippen MR) is 153 cm³/mol. The van der Waals surface area contributed by atoms with Crippen LogP contribution >= 0.6 is 0 Å². The average Bonchev–Trinajstić information content (AvgIpc) is 3.51. The second-order valence-corrected chi connectivity index (χ2v) is 9.38. The zero-order valence-corrected chi connectivity index (χ0v) is 20.1. The largest absolute Gasteiger partial charge is 0.437 e. The maximum Gasteiger partial charge on any atom is 0.233 e. The summed E-state index contributed by atoms with van der Waals surface area (Å²) in [7, 11) is 0. The van der Waals surface area contributed by atoms with Gasteiger partial charge < -0.3 is 4.42 Å². The van der Waals surface area contributed by atoms with Crippen molar-refractivity contribution >= 4 is 60.3 Å². The molecule has 3 aromatic heterocycles. The quantitative estimate of drug-likeness (QED) is 0.229. The summed E-state index contributed by atoms with van der Waals surface area (Å²) < 4.78 is 8.52.